The average Bonchev–Trinajstić information content (AvgIpc) is 0. The van der Waals surface area contributed by atoms with Crippen molar-refractivity contribution in [1.29, 1.82) is 0 Å². The molecule has 0 fully saturated rings. The van der Waals surface area contributed by atoms with Crippen LogP contribution in [0.25, 0.3) is 18.5 Å². The van der Waals surface area contributed by atoms with E-state index < -0.39 is 0 Å². The minimum Gasteiger partial charge on any atom is -3.00 e. The summed E-state index contributed by atoms with van der Waals surface area (Å²) in [6.07, 6.45) is 0. The Labute approximate surface area is 86.4 Å². The maximum atomic E-state index is 0. The molecule has 7 heavy (non-hydrogen) atoms. The summed E-state index contributed by atoms with van der Waals surface area (Å²) >= 11 is 0. The molecule has 0 atom stereocenters. The van der Waals surface area contributed by atoms with Gasteiger partial charge in [-0.2, -0.15) is 0 Å². The molecule has 0 aliphatic carbocycles. The molecule has 0 aliphatic heterocycles. The van der Waals surface area contributed by atoms with Gasteiger partial charge in [0.25, 0.3) is 0 Å². The number of hydrogen-bond donors (Lipinski definition) is 0. The van der Waals surface area contributed by atoms with E-state index in [4.69, 9.17) is 0 Å². The van der Waals surface area contributed by atoms with Gasteiger partial charge in [-0.15, -0.1) is 0 Å². The van der Waals surface area contributed by atoms with E-state index in [1.54, 1.807) is 0 Å². The molecule has 7 heteroatoms. The van der Waals surface area contributed by atoms with Gasteiger partial charge in [-0.05, 0) is 0 Å². The van der Waals surface area contributed by atoms with Crippen LogP contribution in [-0.4, -0.2) is 17.4 Å². The summed E-state index contributed by atoms with van der Waals surface area (Å²) in [7, 11) is 0. The molecule has 0 saturated heterocycles. The first-order valence-electron chi connectivity index (χ1n) is 0. The van der Waals surface area contributed by atoms with Crippen LogP contribution in [0.4, 0.5) is 0 Å². The third kappa shape index (κ3) is 73.2. The zero-order chi connectivity index (χ0) is 0. The molecule has 0 aromatic rings. The summed E-state index contributed by atoms with van der Waals surface area (Å²) in [6, 6.07) is 0. The average molecular weight is 260 g/mol. The maximum absolute atomic E-state index is 0. The maximum Gasteiger partial charge on any atom is 3.00 e. The molecule has 0 N–H and O–H groups in total. The van der Waals surface area contributed by atoms with E-state index >= 15 is 0 Å². The summed E-state index contributed by atoms with van der Waals surface area (Å²) in [5.74, 6) is 0. The molecule has 0 heterocycles. The van der Waals surface area contributed by atoms with Crippen LogP contribution in [0.15, 0.2) is 0 Å². The fourth-order valence-electron chi connectivity index (χ4n) is 0. The number of nitrogens with zero attached hydrogens (tertiary/aromatic N) is 3. The van der Waals surface area contributed by atoms with Gasteiger partial charge in [0.05, 0.1) is 0 Å². The Morgan fingerprint density at radius 2 is 0.429 bits per heavy atom. The van der Waals surface area contributed by atoms with E-state index in [0.29, 0.717) is 0 Å². The minimum atomic E-state index is 0. The summed E-state index contributed by atoms with van der Waals surface area (Å²) in [6.45, 7) is 0. The standard InChI is InChI=1S/Al.3Cu.3N/q+3;3*+2;3*-3. The van der Waals surface area contributed by atoms with E-state index in [-0.39, 0.29) is 87.0 Å². The van der Waals surface area contributed by atoms with Crippen LogP contribution in [-0.2, 0) is 51.2 Å². The Kier molecular flexibility index (Phi) is 2090. The van der Waals surface area contributed by atoms with Crippen molar-refractivity contribution in [3.63, 3.8) is 0 Å². The van der Waals surface area contributed by atoms with E-state index in [1.807, 2.05) is 0 Å². The van der Waals surface area contributed by atoms with Crippen molar-refractivity contribution in [2.75, 3.05) is 0 Å². The van der Waals surface area contributed by atoms with Gasteiger partial charge in [-0.25, -0.2) is 0 Å². The zero-order valence-corrected chi connectivity index (χ0v) is 6.80. The second-order valence-corrected chi connectivity index (χ2v) is 0. The van der Waals surface area contributed by atoms with Crippen molar-refractivity contribution in [3.05, 3.63) is 18.5 Å². The second-order valence-electron chi connectivity index (χ2n) is 0. The van der Waals surface area contributed by atoms with Crippen molar-refractivity contribution in [3.8, 4) is 0 Å². The number of rotatable bonds is 0. The van der Waals surface area contributed by atoms with Gasteiger partial charge in [0, 0.05) is 0 Å². The van der Waals surface area contributed by atoms with Crippen molar-refractivity contribution >= 4 is 17.4 Å². The molecular formula is AlCu3N3. The van der Waals surface area contributed by atoms with E-state index in [0.717, 1.165) is 0 Å². The number of hydrogen-bond acceptors (Lipinski definition) is 0. The van der Waals surface area contributed by atoms with Gasteiger partial charge in [-0.1, -0.05) is 0 Å². The Morgan fingerprint density at radius 3 is 0.429 bits per heavy atom. The van der Waals surface area contributed by atoms with Crippen molar-refractivity contribution in [2.24, 2.45) is 0 Å². The molecule has 0 aliphatic rings. The monoisotopic (exact) mass is 258 g/mol. The van der Waals surface area contributed by atoms with Crippen molar-refractivity contribution in [2.45, 2.75) is 0 Å². The smallest absolute Gasteiger partial charge is 3.00 e. The first-order valence-corrected chi connectivity index (χ1v) is 0. The summed E-state index contributed by atoms with van der Waals surface area (Å²) in [4.78, 5) is 0. The van der Waals surface area contributed by atoms with Crippen LogP contribution in [0.2, 0.25) is 0 Å². The predicted molar refractivity (Wildman–Crippen MR) is 15.8 cm³/mol. The second kappa shape index (κ2) is 99.7. The SMILES string of the molecule is [Al+3].[Cu+2].[Cu+2].[Cu+2].[N-3].[N-3].[N-3]. The van der Waals surface area contributed by atoms with Crippen LogP contribution < -0.4 is 0 Å². The zero-order valence-electron chi connectivity index (χ0n) is 2.82. The molecule has 51 valence electrons. The normalized spacial score (nSPS) is 0. The van der Waals surface area contributed by atoms with Gasteiger partial charge in [0.1, 0.15) is 0 Å². The molecule has 0 bridgehead atoms. The third-order valence-electron chi connectivity index (χ3n) is 0. The van der Waals surface area contributed by atoms with E-state index in [9.17, 15) is 0 Å². The van der Waals surface area contributed by atoms with Gasteiger partial charge in [0.15, 0.2) is 0 Å². The molecule has 0 aromatic heterocycles. The van der Waals surface area contributed by atoms with Crippen LogP contribution in [0.3, 0.4) is 0 Å². The molecule has 0 amide bonds. The fraction of sp³-hybridized carbons (Fsp3) is 0. The summed E-state index contributed by atoms with van der Waals surface area (Å²) in [5.41, 5.74) is 0. The molecule has 0 saturated carbocycles. The van der Waals surface area contributed by atoms with Gasteiger partial charge in [-0.3, -0.25) is 0 Å². The van der Waals surface area contributed by atoms with Crippen LogP contribution in [0, 0.1) is 0 Å². The van der Waals surface area contributed by atoms with Gasteiger partial charge < -0.3 is 18.5 Å². The minimum absolute atomic E-state index is 0. The first kappa shape index (κ1) is 147. The summed E-state index contributed by atoms with van der Waals surface area (Å²) < 4.78 is 0. The van der Waals surface area contributed by atoms with Crippen LogP contribution in [0.5, 0.6) is 0 Å². The van der Waals surface area contributed by atoms with Crippen LogP contribution >= 0.6 is 0 Å². The largest absolute Gasteiger partial charge is 3.00 e. The van der Waals surface area contributed by atoms with Crippen molar-refractivity contribution in [1.82, 2.24) is 0 Å². The molecular weight excluding hydrogens is 260 g/mol. The van der Waals surface area contributed by atoms with Crippen LogP contribution in [0.1, 0.15) is 0 Å². The van der Waals surface area contributed by atoms with Gasteiger partial charge >= 0.3 is 68.6 Å². The quantitative estimate of drug-likeness (QED) is 0.566. The fourth-order valence-corrected chi connectivity index (χ4v) is 0. The van der Waals surface area contributed by atoms with Crippen molar-refractivity contribution < 1.29 is 51.2 Å². The molecule has 3 radical (unpaired) electrons. The topological polar surface area (TPSA) is 91.5 Å². The Bertz CT molecular complexity index is 10.1. The Morgan fingerprint density at radius 1 is 0.429 bits per heavy atom. The Balaban J connectivity index is 0. The Hall–Kier alpha value is 1.97. The molecule has 3 nitrogen and oxygen atoms in total. The van der Waals surface area contributed by atoms with E-state index in [1.165, 1.54) is 0 Å². The summed E-state index contributed by atoms with van der Waals surface area (Å²) in [5, 5.41) is 0. The molecule has 0 unspecified atom stereocenters. The predicted octanol–water partition coefficient (Wildman–Crippen LogP) is 0.478. The molecule has 0 aromatic carbocycles. The molecule has 0 rings (SSSR count). The third-order valence-corrected chi connectivity index (χ3v) is 0. The van der Waals surface area contributed by atoms with E-state index in [2.05, 4.69) is 0 Å². The molecule has 0 spiro atoms. The van der Waals surface area contributed by atoms with Gasteiger partial charge in [0.2, 0.25) is 0 Å². The first-order chi connectivity index (χ1) is 0.